The van der Waals surface area contributed by atoms with Crippen LogP contribution in [0.15, 0.2) is 0 Å². The molecule has 0 rings (SSSR count). The van der Waals surface area contributed by atoms with Crippen LogP contribution in [0.1, 0.15) is 96.8 Å². The fourth-order valence-electron chi connectivity index (χ4n) is 10.7. The standard InChI is InChI=1S/C42H84O22/c1-2-3-4-5-6-27(7-28(53)16-43)39(8-29(54)17-44,9-30(55)18-45)41(12-33(58)21-48,13-34(59)22-49)42(14-35(60)23-50,15-36(61)24-51)40(10-31(56)19-46,11-32(57)20-47)38(63)64-26-37(62)25-52/h27-37,43-62H,2-26H2,1H3/t27-,28+,29+,30+,31-,32+,33+,34+,35+,36+,37+,40?/m1/s1. The summed E-state index contributed by atoms with van der Waals surface area (Å²) in [4.78, 5) is 15.5. The Kier molecular flexibility index (Phi) is 31.0. The van der Waals surface area contributed by atoms with Crippen LogP contribution in [0, 0.1) is 27.6 Å². The number of hydrogen-bond donors (Lipinski definition) is 20. The van der Waals surface area contributed by atoms with E-state index in [0.717, 1.165) is 0 Å². The van der Waals surface area contributed by atoms with Gasteiger partial charge in [0.05, 0.1) is 126 Å². The molecule has 0 fully saturated rings. The van der Waals surface area contributed by atoms with E-state index in [9.17, 15) is 102 Å². The number of esters is 1. The molecule has 0 saturated heterocycles. The van der Waals surface area contributed by atoms with Crippen molar-refractivity contribution in [1.82, 2.24) is 0 Å². The summed E-state index contributed by atoms with van der Waals surface area (Å²) in [5.41, 5.74) is -10.8. The number of carbonyl (C=O) groups is 1. The molecule has 0 heterocycles. The maximum atomic E-state index is 15.5. The predicted molar refractivity (Wildman–Crippen MR) is 225 cm³/mol. The van der Waals surface area contributed by atoms with Crippen molar-refractivity contribution in [3.63, 3.8) is 0 Å². The molecule has 0 aliphatic heterocycles. The number of aliphatic hydroxyl groups excluding tert-OH is 20. The normalized spacial score (nSPS) is 19.1. The Morgan fingerprint density at radius 2 is 0.734 bits per heavy atom. The van der Waals surface area contributed by atoms with E-state index in [0.29, 0.717) is 19.3 Å². The highest BCUT2D eigenvalue weighted by atomic mass is 16.5. The second-order valence-corrected chi connectivity index (χ2v) is 17.8. The van der Waals surface area contributed by atoms with Gasteiger partial charge in [-0.3, -0.25) is 4.79 Å². The lowest BCUT2D eigenvalue weighted by Crippen LogP contribution is -2.70. The van der Waals surface area contributed by atoms with Crippen molar-refractivity contribution in [3.8, 4) is 0 Å². The third-order valence-electron chi connectivity index (χ3n) is 13.1. The van der Waals surface area contributed by atoms with E-state index in [2.05, 4.69) is 0 Å². The van der Waals surface area contributed by atoms with Gasteiger partial charge >= 0.3 is 5.97 Å². The Morgan fingerprint density at radius 3 is 1.08 bits per heavy atom. The summed E-state index contributed by atoms with van der Waals surface area (Å²) in [5.74, 6) is -2.90. The highest BCUT2D eigenvalue weighted by Crippen LogP contribution is 2.74. The number of carbonyl (C=O) groups excluding carboxylic acids is 1. The lowest BCUT2D eigenvalue weighted by Gasteiger charge is -2.70. The number of hydrogen-bond acceptors (Lipinski definition) is 22. The van der Waals surface area contributed by atoms with Crippen molar-refractivity contribution >= 4 is 5.97 Å². The Morgan fingerprint density at radius 1 is 0.406 bits per heavy atom. The Hall–Kier alpha value is -1.33. The molecular weight excluding hydrogens is 856 g/mol. The molecule has 0 aliphatic carbocycles. The van der Waals surface area contributed by atoms with Gasteiger partial charge in [0.15, 0.2) is 0 Å². The van der Waals surface area contributed by atoms with Crippen LogP contribution in [-0.4, -0.2) is 242 Å². The minimum atomic E-state index is -2.94. The molecule has 12 atom stereocenters. The van der Waals surface area contributed by atoms with Gasteiger partial charge in [0, 0.05) is 0 Å². The van der Waals surface area contributed by atoms with Crippen molar-refractivity contribution in [2.75, 3.05) is 72.7 Å². The highest BCUT2D eigenvalue weighted by Gasteiger charge is 2.74. The fourth-order valence-corrected chi connectivity index (χ4v) is 10.7. The Balaban J connectivity index is 10.6. The highest BCUT2D eigenvalue weighted by molar-refractivity contribution is 5.79. The first kappa shape index (κ1) is 62.7. The number of ether oxygens (including phenoxy) is 1. The van der Waals surface area contributed by atoms with E-state index in [1.165, 1.54) is 0 Å². The molecular formula is C42H84O22. The van der Waals surface area contributed by atoms with Gasteiger partial charge in [-0.2, -0.15) is 0 Å². The molecule has 22 heteroatoms. The van der Waals surface area contributed by atoms with Crippen molar-refractivity contribution in [2.24, 2.45) is 27.6 Å². The Bertz CT molecular complexity index is 1150. The van der Waals surface area contributed by atoms with Crippen LogP contribution >= 0.6 is 0 Å². The van der Waals surface area contributed by atoms with Crippen LogP contribution in [0.4, 0.5) is 0 Å². The van der Waals surface area contributed by atoms with E-state index >= 15 is 4.79 Å². The minimum absolute atomic E-state index is 0.0700. The van der Waals surface area contributed by atoms with Crippen LogP contribution in [-0.2, 0) is 9.53 Å². The molecule has 64 heavy (non-hydrogen) atoms. The van der Waals surface area contributed by atoms with E-state index in [4.69, 9.17) is 4.74 Å². The number of aliphatic hydroxyl groups is 20. The molecule has 0 bridgehead atoms. The number of unbranched alkanes of at least 4 members (excludes halogenated alkanes) is 3. The van der Waals surface area contributed by atoms with Gasteiger partial charge in [-0.05, 0) is 86.4 Å². The van der Waals surface area contributed by atoms with E-state index < -0.39 is 225 Å². The van der Waals surface area contributed by atoms with E-state index in [-0.39, 0.29) is 12.8 Å². The molecule has 0 aliphatic rings. The second kappa shape index (κ2) is 31.7. The molecule has 0 radical (unpaired) electrons. The summed E-state index contributed by atoms with van der Waals surface area (Å²) >= 11 is 0. The third-order valence-corrected chi connectivity index (χ3v) is 13.1. The molecule has 0 aromatic rings. The quantitative estimate of drug-likeness (QED) is 0.0201. The zero-order chi connectivity index (χ0) is 49.3. The SMILES string of the molecule is CCCCCC[C@H](C[C@H](O)CO)C(C[C@H](O)CO)(C[C@H](O)CO)C(C[C@H](O)CO)(C[C@H](O)CO)C(C[C@H](O)CO)(C[C@H](O)CO)C(C[C@H](O)CO)(C[C@@H](O)CO)C(=O)OC[C@@H](O)CO. The lowest BCUT2D eigenvalue weighted by atomic mass is 9.33. The lowest BCUT2D eigenvalue weighted by molar-refractivity contribution is -0.270. The molecule has 20 N–H and O–H groups in total. The first-order chi connectivity index (χ1) is 30.2. The molecule has 0 saturated carbocycles. The van der Waals surface area contributed by atoms with Crippen LogP contribution in [0.25, 0.3) is 0 Å². The van der Waals surface area contributed by atoms with Gasteiger partial charge in [0.2, 0.25) is 0 Å². The summed E-state index contributed by atoms with van der Waals surface area (Å²) in [7, 11) is 0. The fraction of sp³-hybridized carbons (Fsp3) is 0.976. The zero-order valence-corrected chi connectivity index (χ0v) is 37.3. The molecule has 0 aromatic heterocycles. The Labute approximate surface area is 375 Å². The van der Waals surface area contributed by atoms with Crippen molar-refractivity contribution < 1.29 is 112 Å². The zero-order valence-electron chi connectivity index (χ0n) is 37.3. The third kappa shape index (κ3) is 17.0. The second-order valence-electron chi connectivity index (χ2n) is 17.8. The topological polar surface area (TPSA) is 431 Å². The van der Waals surface area contributed by atoms with E-state index in [1.807, 2.05) is 6.92 Å². The van der Waals surface area contributed by atoms with E-state index in [1.54, 1.807) is 0 Å². The van der Waals surface area contributed by atoms with Crippen molar-refractivity contribution in [3.05, 3.63) is 0 Å². The molecule has 0 spiro atoms. The van der Waals surface area contributed by atoms with Gasteiger partial charge in [0.1, 0.15) is 12.7 Å². The summed E-state index contributed by atoms with van der Waals surface area (Å²) in [6, 6.07) is 0. The largest absolute Gasteiger partial charge is 0.462 e. The molecule has 0 aromatic carbocycles. The van der Waals surface area contributed by atoms with Gasteiger partial charge in [0.25, 0.3) is 0 Å². The molecule has 384 valence electrons. The van der Waals surface area contributed by atoms with Gasteiger partial charge in [-0.15, -0.1) is 0 Å². The smallest absolute Gasteiger partial charge is 0.312 e. The average molecular weight is 941 g/mol. The summed E-state index contributed by atoms with van der Waals surface area (Å²) in [6.45, 7) is -10.3. The maximum absolute atomic E-state index is 15.5. The van der Waals surface area contributed by atoms with Gasteiger partial charge in [-0.25, -0.2) is 0 Å². The van der Waals surface area contributed by atoms with Crippen LogP contribution < -0.4 is 0 Å². The molecule has 0 amide bonds. The first-order valence-corrected chi connectivity index (χ1v) is 22.2. The minimum Gasteiger partial charge on any atom is -0.462 e. The predicted octanol–water partition coefficient (Wildman–Crippen LogP) is -5.90. The summed E-state index contributed by atoms with van der Waals surface area (Å²) in [6.07, 6.45) is -26.5. The monoisotopic (exact) mass is 941 g/mol. The summed E-state index contributed by atoms with van der Waals surface area (Å²) in [5, 5.41) is 221. The van der Waals surface area contributed by atoms with Gasteiger partial charge in [-0.1, -0.05) is 32.6 Å². The van der Waals surface area contributed by atoms with Crippen LogP contribution in [0.3, 0.4) is 0 Å². The molecule has 1 unspecified atom stereocenters. The first-order valence-electron chi connectivity index (χ1n) is 22.2. The van der Waals surface area contributed by atoms with Crippen LogP contribution in [0.5, 0.6) is 0 Å². The van der Waals surface area contributed by atoms with Crippen molar-refractivity contribution in [2.45, 2.75) is 158 Å². The summed E-state index contributed by atoms with van der Waals surface area (Å²) < 4.78 is 5.60. The van der Waals surface area contributed by atoms with Gasteiger partial charge < -0.3 is 107 Å². The van der Waals surface area contributed by atoms with Crippen LogP contribution in [0.2, 0.25) is 0 Å². The van der Waals surface area contributed by atoms with Crippen molar-refractivity contribution in [1.29, 1.82) is 0 Å². The molecule has 22 nitrogen and oxygen atoms in total. The average Bonchev–Trinajstić information content (AvgIpc) is 3.29. The number of rotatable bonds is 40. The maximum Gasteiger partial charge on any atom is 0.312 e.